The van der Waals surface area contributed by atoms with Gasteiger partial charge in [0, 0.05) is 5.57 Å². The minimum absolute atomic E-state index is 0.0611. The van der Waals surface area contributed by atoms with Crippen molar-refractivity contribution in [3.05, 3.63) is 11.1 Å². The molecule has 2 rings (SSSR count). The third-order valence-corrected chi connectivity index (χ3v) is 4.30. The van der Waals surface area contributed by atoms with Gasteiger partial charge < -0.3 is 4.74 Å². The number of carbonyl (C=O) groups is 1. The highest BCUT2D eigenvalue weighted by atomic mass is 16.5. The fourth-order valence-electron chi connectivity index (χ4n) is 3.80. The predicted octanol–water partition coefficient (Wildman–Crippen LogP) is 3.18. The van der Waals surface area contributed by atoms with Gasteiger partial charge in [-0.2, -0.15) is 0 Å². The van der Waals surface area contributed by atoms with Crippen molar-refractivity contribution in [1.29, 1.82) is 0 Å². The van der Waals surface area contributed by atoms with Crippen LogP contribution in [0.2, 0.25) is 0 Å². The molecule has 0 aliphatic heterocycles. The Kier molecular flexibility index (Phi) is 3.09. The van der Waals surface area contributed by atoms with Crippen LogP contribution in [0.3, 0.4) is 0 Å². The Labute approximate surface area is 98.1 Å². The number of esters is 1. The van der Waals surface area contributed by atoms with Crippen molar-refractivity contribution in [3.63, 3.8) is 0 Å². The lowest BCUT2D eigenvalue weighted by molar-refractivity contribution is -0.138. The molecule has 3 unspecified atom stereocenters. The molecular weight excluding hydrogens is 200 g/mol. The maximum Gasteiger partial charge on any atom is 0.333 e. The van der Waals surface area contributed by atoms with Crippen LogP contribution >= 0.6 is 0 Å². The van der Waals surface area contributed by atoms with E-state index in [-0.39, 0.29) is 5.97 Å². The van der Waals surface area contributed by atoms with Crippen LogP contribution < -0.4 is 0 Å². The second kappa shape index (κ2) is 4.23. The molecule has 2 aliphatic rings. The quantitative estimate of drug-likeness (QED) is 0.685. The van der Waals surface area contributed by atoms with Crippen molar-refractivity contribution in [2.24, 2.45) is 23.7 Å². The highest BCUT2D eigenvalue weighted by Crippen LogP contribution is 2.54. The van der Waals surface area contributed by atoms with Crippen molar-refractivity contribution in [2.45, 2.75) is 40.5 Å². The van der Waals surface area contributed by atoms with Crippen LogP contribution in [0.5, 0.6) is 0 Å². The van der Waals surface area contributed by atoms with Crippen LogP contribution in [0, 0.1) is 23.7 Å². The summed E-state index contributed by atoms with van der Waals surface area (Å²) in [7, 11) is 0. The van der Waals surface area contributed by atoms with Gasteiger partial charge in [-0.05, 0) is 43.4 Å². The van der Waals surface area contributed by atoms with Crippen LogP contribution in [0.4, 0.5) is 0 Å². The van der Waals surface area contributed by atoms with Gasteiger partial charge in [0.2, 0.25) is 0 Å². The van der Waals surface area contributed by atoms with E-state index in [1.165, 1.54) is 5.57 Å². The van der Waals surface area contributed by atoms with E-state index >= 15 is 0 Å². The average molecular weight is 222 g/mol. The standard InChI is InChI=1S/C14H22O2/c1-5-16-14(15)12-7-10-6-11(12)9(4)13(10)8(2)3/h8-10,13H,5-7H2,1-4H3. The van der Waals surface area contributed by atoms with Crippen LogP contribution in [0.25, 0.3) is 0 Å². The lowest BCUT2D eigenvalue weighted by Crippen LogP contribution is -2.25. The SMILES string of the molecule is CCOC(=O)C1=C2CC(C1)C(C(C)C)C2C. The Bertz CT molecular complexity index is 328. The largest absolute Gasteiger partial charge is 0.463 e. The molecule has 0 spiro atoms. The zero-order valence-electron chi connectivity index (χ0n) is 10.7. The molecule has 0 saturated heterocycles. The number of rotatable bonds is 3. The summed E-state index contributed by atoms with van der Waals surface area (Å²) in [5.74, 6) is 2.71. The molecule has 0 heterocycles. The number of carbonyl (C=O) groups excluding carboxylic acids is 1. The predicted molar refractivity (Wildman–Crippen MR) is 63.9 cm³/mol. The van der Waals surface area contributed by atoms with E-state index in [0.717, 1.165) is 30.3 Å². The molecule has 1 saturated carbocycles. The number of allylic oxidation sites excluding steroid dienone is 1. The first-order valence-corrected chi connectivity index (χ1v) is 6.45. The van der Waals surface area contributed by atoms with E-state index in [1.807, 2.05) is 6.92 Å². The molecular formula is C14H22O2. The van der Waals surface area contributed by atoms with Crippen molar-refractivity contribution >= 4 is 5.97 Å². The van der Waals surface area contributed by atoms with E-state index < -0.39 is 0 Å². The summed E-state index contributed by atoms with van der Waals surface area (Å²) in [5.41, 5.74) is 2.39. The zero-order valence-corrected chi connectivity index (χ0v) is 10.7. The van der Waals surface area contributed by atoms with Gasteiger partial charge in [-0.25, -0.2) is 4.79 Å². The Morgan fingerprint density at radius 3 is 2.62 bits per heavy atom. The summed E-state index contributed by atoms with van der Waals surface area (Å²) in [6, 6.07) is 0. The molecule has 16 heavy (non-hydrogen) atoms. The van der Waals surface area contributed by atoms with E-state index in [4.69, 9.17) is 4.74 Å². The zero-order chi connectivity index (χ0) is 11.9. The van der Waals surface area contributed by atoms with E-state index in [2.05, 4.69) is 20.8 Å². The van der Waals surface area contributed by atoms with Crippen molar-refractivity contribution < 1.29 is 9.53 Å². The molecule has 2 nitrogen and oxygen atoms in total. The number of hydrogen-bond donors (Lipinski definition) is 0. The molecule has 0 aromatic carbocycles. The third kappa shape index (κ3) is 1.68. The summed E-state index contributed by atoms with van der Waals surface area (Å²) in [6.45, 7) is 9.23. The summed E-state index contributed by atoms with van der Waals surface area (Å²) >= 11 is 0. The first kappa shape index (κ1) is 11.7. The summed E-state index contributed by atoms with van der Waals surface area (Å²) in [6.07, 6.45) is 2.10. The highest BCUT2D eigenvalue weighted by molar-refractivity contribution is 5.90. The molecule has 90 valence electrons. The molecule has 3 atom stereocenters. The molecule has 0 aromatic heterocycles. The monoisotopic (exact) mass is 222 g/mol. The summed E-state index contributed by atoms with van der Waals surface area (Å²) in [5, 5.41) is 0. The first-order chi connectivity index (χ1) is 7.56. The molecule has 0 radical (unpaired) electrons. The minimum atomic E-state index is -0.0611. The fraction of sp³-hybridized carbons (Fsp3) is 0.786. The van der Waals surface area contributed by atoms with E-state index in [9.17, 15) is 4.79 Å². The molecule has 2 heteroatoms. The summed E-state index contributed by atoms with van der Waals surface area (Å²) in [4.78, 5) is 11.8. The van der Waals surface area contributed by atoms with Gasteiger partial charge in [0.1, 0.15) is 0 Å². The lowest BCUT2D eigenvalue weighted by Gasteiger charge is -2.30. The second-order valence-electron chi connectivity index (χ2n) is 5.50. The van der Waals surface area contributed by atoms with Gasteiger partial charge in [0.15, 0.2) is 0 Å². The molecule has 0 N–H and O–H groups in total. The molecule has 1 fully saturated rings. The Morgan fingerprint density at radius 2 is 2.12 bits per heavy atom. The van der Waals surface area contributed by atoms with Gasteiger partial charge in [-0.1, -0.05) is 26.3 Å². The van der Waals surface area contributed by atoms with Gasteiger partial charge in [0.25, 0.3) is 0 Å². The second-order valence-corrected chi connectivity index (χ2v) is 5.50. The van der Waals surface area contributed by atoms with Crippen molar-refractivity contribution in [2.75, 3.05) is 6.61 Å². The topological polar surface area (TPSA) is 26.3 Å². The number of ether oxygens (including phenoxy) is 1. The molecule has 2 aliphatic carbocycles. The van der Waals surface area contributed by atoms with Crippen LogP contribution in [-0.4, -0.2) is 12.6 Å². The molecule has 2 bridgehead atoms. The van der Waals surface area contributed by atoms with Crippen molar-refractivity contribution in [1.82, 2.24) is 0 Å². The highest BCUT2D eigenvalue weighted by Gasteiger charge is 2.46. The maximum atomic E-state index is 11.8. The number of fused-ring (bicyclic) bond motifs is 2. The molecule has 0 amide bonds. The normalized spacial score (nSPS) is 32.7. The summed E-state index contributed by atoms with van der Waals surface area (Å²) < 4.78 is 5.13. The smallest absolute Gasteiger partial charge is 0.333 e. The third-order valence-electron chi connectivity index (χ3n) is 4.30. The Morgan fingerprint density at radius 1 is 1.44 bits per heavy atom. The Hall–Kier alpha value is -0.790. The van der Waals surface area contributed by atoms with Gasteiger partial charge >= 0.3 is 5.97 Å². The van der Waals surface area contributed by atoms with Crippen LogP contribution in [0.1, 0.15) is 40.5 Å². The lowest BCUT2D eigenvalue weighted by atomic mass is 9.75. The van der Waals surface area contributed by atoms with Crippen molar-refractivity contribution in [3.8, 4) is 0 Å². The van der Waals surface area contributed by atoms with Gasteiger partial charge in [-0.3, -0.25) is 0 Å². The maximum absolute atomic E-state index is 11.8. The Balaban J connectivity index is 2.18. The van der Waals surface area contributed by atoms with Gasteiger partial charge in [-0.15, -0.1) is 0 Å². The van der Waals surface area contributed by atoms with Gasteiger partial charge in [0.05, 0.1) is 6.61 Å². The van der Waals surface area contributed by atoms with E-state index in [1.54, 1.807) is 0 Å². The molecule has 0 aromatic rings. The number of hydrogen-bond acceptors (Lipinski definition) is 2. The fourth-order valence-corrected chi connectivity index (χ4v) is 3.80. The van der Waals surface area contributed by atoms with E-state index in [0.29, 0.717) is 18.4 Å². The minimum Gasteiger partial charge on any atom is -0.463 e. The van der Waals surface area contributed by atoms with Crippen LogP contribution in [-0.2, 0) is 9.53 Å². The van der Waals surface area contributed by atoms with Crippen LogP contribution in [0.15, 0.2) is 11.1 Å². The first-order valence-electron chi connectivity index (χ1n) is 6.45. The average Bonchev–Trinajstić information content (AvgIpc) is 2.74.